The van der Waals surface area contributed by atoms with Crippen molar-refractivity contribution in [2.24, 2.45) is 11.8 Å². The lowest BCUT2D eigenvalue weighted by Gasteiger charge is -2.26. The van der Waals surface area contributed by atoms with Gasteiger partial charge in [-0.3, -0.25) is 4.79 Å². The molecule has 1 aliphatic carbocycles. The molecule has 19 heavy (non-hydrogen) atoms. The molecular formula is C14H17F2NO2. The molecule has 3 nitrogen and oxygen atoms in total. The molecular weight excluding hydrogens is 252 g/mol. The minimum absolute atomic E-state index is 0.0403. The van der Waals surface area contributed by atoms with Gasteiger partial charge in [-0.15, -0.1) is 0 Å². The molecule has 1 fully saturated rings. The Hall–Kier alpha value is -1.52. The normalized spacial score (nSPS) is 23.1. The Morgan fingerprint density at radius 3 is 2.63 bits per heavy atom. The summed E-state index contributed by atoms with van der Waals surface area (Å²) in [5.41, 5.74) is 0. The molecule has 0 aliphatic heterocycles. The summed E-state index contributed by atoms with van der Waals surface area (Å²) < 4.78 is 30.6. The van der Waals surface area contributed by atoms with Crippen molar-refractivity contribution in [1.82, 2.24) is 4.98 Å². The summed E-state index contributed by atoms with van der Waals surface area (Å²) in [6.07, 6.45) is 5.80. The standard InChI is InChI=1S/C14H17F2NO2/c1-2-9-3-5-10(6-4-9)14(18)19-11-7-12(15)13(16)17-8-11/h7-10H,2-6H2,1H3. The summed E-state index contributed by atoms with van der Waals surface area (Å²) in [6.45, 7) is 2.15. The summed E-state index contributed by atoms with van der Waals surface area (Å²) >= 11 is 0. The Kier molecular flexibility index (Phi) is 4.45. The third-order valence-corrected chi connectivity index (χ3v) is 3.75. The van der Waals surface area contributed by atoms with E-state index in [9.17, 15) is 13.6 Å². The molecule has 0 spiro atoms. The van der Waals surface area contributed by atoms with Crippen LogP contribution in [0.2, 0.25) is 0 Å². The molecule has 1 saturated carbocycles. The molecule has 1 aromatic heterocycles. The molecule has 5 heteroatoms. The van der Waals surface area contributed by atoms with E-state index in [-0.39, 0.29) is 17.6 Å². The lowest BCUT2D eigenvalue weighted by Crippen LogP contribution is -2.25. The quantitative estimate of drug-likeness (QED) is 0.623. The number of nitrogens with zero attached hydrogens (tertiary/aromatic N) is 1. The first-order chi connectivity index (χ1) is 9.10. The van der Waals surface area contributed by atoms with Gasteiger partial charge in [0.2, 0.25) is 5.95 Å². The van der Waals surface area contributed by atoms with Gasteiger partial charge in [-0.05, 0) is 31.6 Å². The van der Waals surface area contributed by atoms with Gasteiger partial charge in [0.05, 0.1) is 12.1 Å². The lowest BCUT2D eigenvalue weighted by atomic mass is 9.81. The minimum atomic E-state index is -1.19. The first kappa shape index (κ1) is 13.9. The van der Waals surface area contributed by atoms with Gasteiger partial charge in [-0.25, -0.2) is 9.37 Å². The highest BCUT2D eigenvalue weighted by atomic mass is 19.2. The third-order valence-electron chi connectivity index (χ3n) is 3.75. The number of rotatable bonds is 3. The first-order valence-electron chi connectivity index (χ1n) is 6.63. The smallest absolute Gasteiger partial charge is 0.314 e. The van der Waals surface area contributed by atoms with Gasteiger partial charge in [0.15, 0.2) is 11.6 Å². The van der Waals surface area contributed by atoms with Crippen LogP contribution in [0.1, 0.15) is 39.0 Å². The Labute approximate surface area is 111 Å². The topological polar surface area (TPSA) is 39.2 Å². The summed E-state index contributed by atoms with van der Waals surface area (Å²) in [7, 11) is 0. The van der Waals surface area contributed by atoms with E-state index in [1.165, 1.54) is 0 Å². The van der Waals surface area contributed by atoms with Crippen molar-refractivity contribution < 1.29 is 18.3 Å². The minimum Gasteiger partial charge on any atom is -0.425 e. The third kappa shape index (κ3) is 3.49. The maximum atomic E-state index is 12.9. The maximum Gasteiger partial charge on any atom is 0.314 e. The Morgan fingerprint density at radius 2 is 2.05 bits per heavy atom. The van der Waals surface area contributed by atoms with Gasteiger partial charge in [0, 0.05) is 6.07 Å². The van der Waals surface area contributed by atoms with Gasteiger partial charge in [-0.2, -0.15) is 4.39 Å². The van der Waals surface area contributed by atoms with Crippen LogP contribution in [0.5, 0.6) is 5.75 Å². The molecule has 0 saturated heterocycles. The fraction of sp³-hybridized carbons (Fsp3) is 0.571. The summed E-state index contributed by atoms with van der Waals surface area (Å²) in [4.78, 5) is 15.1. The molecule has 0 amide bonds. The van der Waals surface area contributed by atoms with Gasteiger partial charge in [0.1, 0.15) is 0 Å². The van der Waals surface area contributed by atoms with E-state index in [0.29, 0.717) is 5.92 Å². The zero-order valence-corrected chi connectivity index (χ0v) is 10.9. The molecule has 2 rings (SSSR count). The molecule has 1 heterocycles. The number of hydrogen-bond acceptors (Lipinski definition) is 3. The SMILES string of the molecule is CCC1CCC(C(=O)Oc2cnc(F)c(F)c2)CC1. The number of pyridine rings is 1. The number of hydrogen-bond donors (Lipinski definition) is 0. The van der Waals surface area contributed by atoms with Crippen LogP contribution in [0.4, 0.5) is 8.78 Å². The summed E-state index contributed by atoms with van der Waals surface area (Å²) in [6, 6.07) is 0.845. The number of aromatic nitrogens is 1. The second-order valence-corrected chi connectivity index (χ2v) is 4.99. The second kappa shape index (κ2) is 6.08. The molecule has 0 unspecified atom stereocenters. The van der Waals surface area contributed by atoms with Crippen LogP contribution in [0.3, 0.4) is 0 Å². The number of carbonyl (C=O) groups excluding carboxylic acids is 1. The van der Waals surface area contributed by atoms with Crippen LogP contribution in [0.25, 0.3) is 0 Å². The van der Waals surface area contributed by atoms with Crippen LogP contribution in [0, 0.1) is 23.6 Å². The summed E-state index contributed by atoms with van der Waals surface area (Å²) in [5, 5.41) is 0. The van der Waals surface area contributed by atoms with Crippen LogP contribution in [-0.2, 0) is 4.79 Å². The van der Waals surface area contributed by atoms with E-state index in [0.717, 1.165) is 44.4 Å². The monoisotopic (exact) mass is 269 g/mol. The molecule has 104 valence electrons. The average molecular weight is 269 g/mol. The predicted octanol–water partition coefficient (Wildman–Crippen LogP) is 3.48. The number of ether oxygens (including phenoxy) is 1. The molecule has 0 bridgehead atoms. The highest BCUT2D eigenvalue weighted by molar-refractivity contribution is 5.75. The van der Waals surface area contributed by atoms with Gasteiger partial charge < -0.3 is 4.74 Å². The van der Waals surface area contributed by atoms with Crippen LogP contribution in [0.15, 0.2) is 12.3 Å². The van der Waals surface area contributed by atoms with Gasteiger partial charge >= 0.3 is 5.97 Å². The lowest BCUT2D eigenvalue weighted by molar-refractivity contribution is -0.140. The van der Waals surface area contributed by atoms with Gasteiger partial charge in [-0.1, -0.05) is 13.3 Å². The van der Waals surface area contributed by atoms with E-state index >= 15 is 0 Å². The van der Waals surface area contributed by atoms with E-state index in [1.54, 1.807) is 0 Å². The van der Waals surface area contributed by atoms with Crippen molar-refractivity contribution in [1.29, 1.82) is 0 Å². The Morgan fingerprint density at radius 1 is 1.37 bits per heavy atom. The van der Waals surface area contributed by atoms with E-state index in [2.05, 4.69) is 11.9 Å². The number of esters is 1. The van der Waals surface area contributed by atoms with Crippen molar-refractivity contribution in [3.05, 3.63) is 24.0 Å². The second-order valence-electron chi connectivity index (χ2n) is 4.99. The molecule has 1 aromatic rings. The van der Waals surface area contributed by atoms with Crippen LogP contribution < -0.4 is 4.74 Å². The van der Waals surface area contributed by atoms with E-state index < -0.39 is 11.8 Å². The molecule has 0 aromatic carbocycles. The zero-order valence-electron chi connectivity index (χ0n) is 10.9. The van der Waals surface area contributed by atoms with Gasteiger partial charge in [0.25, 0.3) is 0 Å². The number of carbonyl (C=O) groups is 1. The fourth-order valence-electron chi connectivity index (χ4n) is 2.47. The molecule has 0 N–H and O–H groups in total. The molecule has 1 aliphatic rings. The van der Waals surface area contributed by atoms with E-state index in [4.69, 9.17) is 4.74 Å². The van der Waals surface area contributed by atoms with Crippen molar-refractivity contribution >= 4 is 5.97 Å². The predicted molar refractivity (Wildman–Crippen MR) is 65.5 cm³/mol. The summed E-state index contributed by atoms with van der Waals surface area (Å²) in [5.74, 6) is -2.17. The zero-order chi connectivity index (χ0) is 13.8. The fourth-order valence-corrected chi connectivity index (χ4v) is 2.47. The van der Waals surface area contributed by atoms with E-state index in [1.807, 2.05) is 0 Å². The Balaban J connectivity index is 1.92. The highest BCUT2D eigenvalue weighted by Crippen LogP contribution is 2.31. The average Bonchev–Trinajstić information content (AvgIpc) is 2.43. The van der Waals surface area contributed by atoms with Crippen molar-refractivity contribution in [3.63, 3.8) is 0 Å². The molecule has 0 radical (unpaired) electrons. The number of halogens is 2. The van der Waals surface area contributed by atoms with Crippen molar-refractivity contribution in [2.45, 2.75) is 39.0 Å². The largest absolute Gasteiger partial charge is 0.425 e. The Bertz CT molecular complexity index is 457. The van der Waals surface area contributed by atoms with Crippen molar-refractivity contribution in [2.75, 3.05) is 0 Å². The first-order valence-corrected chi connectivity index (χ1v) is 6.63. The van der Waals surface area contributed by atoms with Crippen LogP contribution in [-0.4, -0.2) is 11.0 Å². The van der Waals surface area contributed by atoms with Crippen molar-refractivity contribution in [3.8, 4) is 5.75 Å². The highest BCUT2D eigenvalue weighted by Gasteiger charge is 2.27. The molecule has 0 atom stereocenters. The maximum absolute atomic E-state index is 12.9. The van der Waals surface area contributed by atoms with Crippen LogP contribution >= 0.6 is 0 Å².